The number of amides is 3. The Bertz CT molecular complexity index is 536. The number of carbonyl (C=O) groups is 2. The van der Waals surface area contributed by atoms with Gasteiger partial charge in [0.1, 0.15) is 11.8 Å². The van der Waals surface area contributed by atoms with Crippen molar-refractivity contribution in [3.05, 3.63) is 11.8 Å². The molecule has 0 spiro atoms. The molecule has 0 aromatic carbocycles. The zero-order chi connectivity index (χ0) is 14.9. The molecular formula is C13H18N4O3. The zero-order valence-corrected chi connectivity index (χ0v) is 12.1. The first-order valence-electron chi connectivity index (χ1n) is 6.32. The van der Waals surface area contributed by atoms with Crippen LogP contribution in [0, 0.1) is 5.92 Å². The van der Waals surface area contributed by atoms with E-state index in [1.54, 1.807) is 20.4 Å². The van der Waals surface area contributed by atoms with Crippen LogP contribution in [0.1, 0.15) is 6.92 Å². The van der Waals surface area contributed by atoms with Gasteiger partial charge < -0.3 is 4.74 Å². The van der Waals surface area contributed by atoms with Gasteiger partial charge in [0.15, 0.2) is 0 Å². The lowest BCUT2D eigenvalue weighted by atomic mass is 9.91. The van der Waals surface area contributed by atoms with E-state index in [9.17, 15) is 9.59 Å². The van der Waals surface area contributed by atoms with Gasteiger partial charge in [-0.05, 0) is 12.5 Å². The molecule has 0 aromatic heterocycles. The number of aliphatic imine (C=N–C) groups is 2. The number of allylic oxidation sites excluding steroid dienone is 1. The van der Waals surface area contributed by atoms with Gasteiger partial charge >= 0.3 is 6.03 Å². The summed E-state index contributed by atoms with van der Waals surface area (Å²) < 4.78 is 4.97. The van der Waals surface area contributed by atoms with Crippen LogP contribution in [0.4, 0.5) is 4.79 Å². The molecular weight excluding hydrogens is 260 g/mol. The molecule has 2 aliphatic rings. The maximum atomic E-state index is 12.4. The number of hydrogen-bond acceptors (Lipinski definition) is 5. The molecule has 0 bridgehead atoms. The van der Waals surface area contributed by atoms with Crippen LogP contribution in [0.25, 0.3) is 0 Å². The molecule has 0 aliphatic carbocycles. The summed E-state index contributed by atoms with van der Waals surface area (Å²) in [5.41, 5.74) is 1.49. The second kappa shape index (κ2) is 5.54. The number of nitrogens with zero attached hydrogens (tertiary/aromatic N) is 4. The number of imide groups is 1. The lowest BCUT2D eigenvalue weighted by Gasteiger charge is -2.37. The Balaban J connectivity index is 2.40. The Kier molecular flexibility index (Phi) is 3.99. The van der Waals surface area contributed by atoms with E-state index < -0.39 is 5.92 Å². The molecule has 2 rings (SSSR count). The van der Waals surface area contributed by atoms with Crippen molar-refractivity contribution in [3.8, 4) is 0 Å². The van der Waals surface area contributed by atoms with Crippen molar-refractivity contribution in [3.63, 3.8) is 0 Å². The van der Waals surface area contributed by atoms with Crippen LogP contribution < -0.4 is 0 Å². The van der Waals surface area contributed by atoms with Crippen LogP contribution >= 0.6 is 0 Å². The molecule has 0 N–H and O–H groups in total. The number of urea groups is 1. The van der Waals surface area contributed by atoms with Crippen molar-refractivity contribution in [2.24, 2.45) is 15.9 Å². The minimum Gasteiger partial charge on any atom is -0.383 e. The average Bonchev–Trinajstić information content (AvgIpc) is 2.44. The van der Waals surface area contributed by atoms with Crippen molar-refractivity contribution in [1.29, 1.82) is 0 Å². The summed E-state index contributed by atoms with van der Waals surface area (Å²) in [5.74, 6) is -0.472. The second-order valence-electron chi connectivity index (χ2n) is 4.73. The summed E-state index contributed by atoms with van der Waals surface area (Å²) in [6.07, 6.45) is 1.64. The minimum atomic E-state index is -0.607. The van der Waals surface area contributed by atoms with Crippen molar-refractivity contribution in [1.82, 2.24) is 9.80 Å². The first kappa shape index (κ1) is 14.4. The SMILES string of the molecule is COCCN=C1C(C)=CN=C2C1C(=O)N(C)C(=O)N2C. The highest BCUT2D eigenvalue weighted by atomic mass is 16.5. The van der Waals surface area contributed by atoms with E-state index in [0.717, 1.165) is 10.5 Å². The highest BCUT2D eigenvalue weighted by Crippen LogP contribution is 2.25. The molecule has 2 aliphatic heterocycles. The molecule has 1 atom stereocenters. The van der Waals surface area contributed by atoms with Gasteiger partial charge in [-0.1, -0.05) is 0 Å². The molecule has 7 heteroatoms. The van der Waals surface area contributed by atoms with E-state index in [-0.39, 0.29) is 11.9 Å². The van der Waals surface area contributed by atoms with Gasteiger partial charge in [-0.25, -0.2) is 9.79 Å². The topological polar surface area (TPSA) is 74.6 Å². The van der Waals surface area contributed by atoms with Gasteiger partial charge in [0.05, 0.1) is 18.9 Å². The predicted octanol–water partition coefficient (Wildman–Crippen LogP) is 0.530. The molecule has 1 fully saturated rings. The van der Waals surface area contributed by atoms with Crippen molar-refractivity contribution in [2.75, 3.05) is 34.4 Å². The Labute approximate surface area is 117 Å². The lowest BCUT2D eigenvalue weighted by molar-refractivity contribution is -0.128. The highest BCUT2D eigenvalue weighted by Gasteiger charge is 2.44. The van der Waals surface area contributed by atoms with E-state index >= 15 is 0 Å². The summed E-state index contributed by atoms with van der Waals surface area (Å²) in [6, 6.07) is -0.380. The number of ether oxygens (including phenoxy) is 1. The Hall–Kier alpha value is -2.02. The molecule has 1 unspecified atom stereocenters. The quantitative estimate of drug-likeness (QED) is 0.707. The van der Waals surface area contributed by atoms with Crippen molar-refractivity contribution < 1.29 is 14.3 Å². The van der Waals surface area contributed by atoms with Gasteiger partial charge in [0.2, 0.25) is 5.91 Å². The molecule has 108 valence electrons. The van der Waals surface area contributed by atoms with Crippen LogP contribution in [-0.4, -0.2) is 67.6 Å². The fourth-order valence-corrected chi connectivity index (χ4v) is 2.25. The average molecular weight is 278 g/mol. The number of fused-ring (bicyclic) bond motifs is 1. The van der Waals surface area contributed by atoms with Crippen LogP contribution in [0.15, 0.2) is 21.8 Å². The Morgan fingerprint density at radius 3 is 2.70 bits per heavy atom. The number of methoxy groups -OCH3 is 1. The molecule has 20 heavy (non-hydrogen) atoms. The lowest BCUT2D eigenvalue weighted by Crippen LogP contribution is -2.59. The first-order valence-corrected chi connectivity index (χ1v) is 6.32. The monoisotopic (exact) mass is 278 g/mol. The van der Waals surface area contributed by atoms with Crippen LogP contribution in [0.3, 0.4) is 0 Å². The number of rotatable bonds is 3. The number of hydrogen-bond donors (Lipinski definition) is 0. The van der Waals surface area contributed by atoms with Crippen LogP contribution in [0.5, 0.6) is 0 Å². The van der Waals surface area contributed by atoms with Gasteiger partial charge in [-0.2, -0.15) is 0 Å². The standard InChI is InChI=1S/C13H18N4O3/c1-8-7-15-11-9(10(8)14-5-6-20-4)12(18)17(3)13(19)16(11)2/h7,9H,5-6H2,1-4H3. The summed E-state index contributed by atoms with van der Waals surface area (Å²) >= 11 is 0. The highest BCUT2D eigenvalue weighted by molar-refractivity contribution is 6.33. The summed E-state index contributed by atoms with van der Waals surface area (Å²) in [4.78, 5) is 35.4. The van der Waals surface area contributed by atoms with Gasteiger partial charge in [0, 0.05) is 27.4 Å². The first-order chi connectivity index (χ1) is 9.49. The molecule has 0 radical (unpaired) electrons. The fourth-order valence-electron chi connectivity index (χ4n) is 2.25. The number of amidine groups is 1. The maximum Gasteiger partial charge on any atom is 0.331 e. The molecule has 0 aromatic rings. The van der Waals surface area contributed by atoms with Crippen LogP contribution in [-0.2, 0) is 9.53 Å². The number of carbonyl (C=O) groups excluding carboxylic acids is 2. The summed E-state index contributed by atoms with van der Waals surface area (Å²) in [5, 5.41) is 0. The molecule has 7 nitrogen and oxygen atoms in total. The molecule has 0 saturated carbocycles. The van der Waals surface area contributed by atoms with E-state index in [1.807, 2.05) is 6.92 Å². The molecule has 1 saturated heterocycles. The summed E-state index contributed by atoms with van der Waals surface area (Å²) in [6.45, 7) is 2.81. The minimum absolute atomic E-state index is 0.296. The van der Waals surface area contributed by atoms with Gasteiger partial charge in [-0.3, -0.25) is 19.6 Å². The van der Waals surface area contributed by atoms with E-state index in [1.165, 1.54) is 11.9 Å². The predicted molar refractivity (Wildman–Crippen MR) is 74.8 cm³/mol. The maximum absolute atomic E-state index is 12.4. The third kappa shape index (κ3) is 2.24. The molecule has 3 amide bonds. The van der Waals surface area contributed by atoms with E-state index in [0.29, 0.717) is 24.7 Å². The van der Waals surface area contributed by atoms with E-state index in [4.69, 9.17) is 4.74 Å². The van der Waals surface area contributed by atoms with Crippen molar-refractivity contribution in [2.45, 2.75) is 6.92 Å². The Morgan fingerprint density at radius 2 is 2.05 bits per heavy atom. The van der Waals surface area contributed by atoms with Gasteiger partial charge in [0.25, 0.3) is 0 Å². The second-order valence-corrected chi connectivity index (χ2v) is 4.73. The third-order valence-electron chi connectivity index (χ3n) is 3.40. The zero-order valence-electron chi connectivity index (χ0n) is 12.1. The third-order valence-corrected chi connectivity index (χ3v) is 3.40. The molecule has 2 heterocycles. The normalized spacial score (nSPS) is 24.8. The largest absolute Gasteiger partial charge is 0.383 e. The fraction of sp³-hybridized carbons (Fsp3) is 0.538. The smallest absolute Gasteiger partial charge is 0.331 e. The van der Waals surface area contributed by atoms with Crippen molar-refractivity contribution >= 4 is 23.5 Å². The van der Waals surface area contributed by atoms with Gasteiger partial charge in [-0.15, -0.1) is 0 Å². The van der Waals surface area contributed by atoms with E-state index in [2.05, 4.69) is 9.98 Å². The summed E-state index contributed by atoms with van der Waals surface area (Å²) in [7, 11) is 4.68. The van der Waals surface area contributed by atoms with Crippen LogP contribution in [0.2, 0.25) is 0 Å². The Morgan fingerprint density at radius 1 is 1.35 bits per heavy atom.